The molecule has 1 aromatic heterocycles. The number of carbonyl (C=O) groups is 1. The number of hydrogen-bond acceptors (Lipinski definition) is 2. The lowest BCUT2D eigenvalue weighted by atomic mass is 10.0. The third kappa shape index (κ3) is 2.75. The van der Waals surface area contributed by atoms with Crippen molar-refractivity contribution >= 4 is 21.8 Å². The molecule has 5 heteroatoms. The summed E-state index contributed by atoms with van der Waals surface area (Å²) in [6.07, 6.45) is 2.86. The minimum Gasteiger partial charge on any atom is -0.344 e. The first-order chi connectivity index (χ1) is 10.2. The standard InChI is InChI=1S/C16H18BrN3O/c1-2-12(11-7-4-3-5-8-11)18-16(21)14-15(17)19-13-9-6-10-20(13)14/h3-5,7-8,12H,2,6,9-10H2,1H3,(H,18,21)/t12-/m1/s1. The molecule has 1 atom stereocenters. The maximum Gasteiger partial charge on any atom is 0.271 e. The second-order valence-electron chi connectivity index (χ2n) is 5.27. The first-order valence-corrected chi connectivity index (χ1v) is 8.10. The fourth-order valence-corrected chi connectivity index (χ4v) is 3.44. The van der Waals surface area contributed by atoms with Crippen molar-refractivity contribution in [2.75, 3.05) is 0 Å². The van der Waals surface area contributed by atoms with Crippen molar-refractivity contribution in [1.82, 2.24) is 14.9 Å². The number of imidazole rings is 1. The van der Waals surface area contributed by atoms with Gasteiger partial charge < -0.3 is 9.88 Å². The zero-order chi connectivity index (χ0) is 14.8. The van der Waals surface area contributed by atoms with Crippen molar-refractivity contribution in [2.45, 2.75) is 38.8 Å². The molecule has 110 valence electrons. The average molecular weight is 348 g/mol. The summed E-state index contributed by atoms with van der Waals surface area (Å²) in [7, 11) is 0. The van der Waals surface area contributed by atoms with Crippen LogP contribution in [0.5, 0.6) is 0 Å². The van der Waals surface area contributed by atoms with E-state index < -0.39 is 0 Å². The molecule has 1 aliphatic heterocycles. The summed E-state index contributed by atoms with van der Waals surface area (Å²) in [6.45, 7) is 2.95. The van der Waals surface area contributed by atoms with Gasteiger partial charge in [0, 0.05) is 13.0 Å². The van der Waals surface area contributed by atoms with Crippen LogP contribution >= 0.6 is 15.9 Å². The minimum absolute atomic E-state index is 0.0261. The number of nitrogens with one attached hydrogen (secondary N) is 1. The fourth-order valence-electron chi connectivity index (χ4n) is 2.84. The van der Waals surface area contributed by atoms with Crippen LogP contribution in [-0.2, 0) is 13.0 Å². The van der Waals surface area contributed by atoms with Gasteiger partial charge in [0.25, 0.3) is 5.91 Å². The fraction of sp³-hybridized carbons (Fsp3) is 0.375. The van der Waals surface area contributed by atoms with Gasteiger partial charge in [0.1, 0.15) is 16.1 Å². The number of carbonyl (C=O) groups excluding carboxylic acids is 1. The lowest BCUT2D eigenvalue weighted by molar-refractivity contribution is 0.0925. The summed E-state index contributed by atoms with van der Waals surface area (Å²) in [4.78, 5) is 17.1. The number of halogens is 1. The van der Waals surface area contributed by atoms with Gasteiger partial charge in [0.2, 0.25) is 0 Å². The van der Waals surface area contributed by atoms with Crippen LogP contribution in [0.25, 0.3) is 0 Å². The monoisotopic (exact) mass is 347 g/mol. The van der Waals surface area contributed by atoms with Crippen LogP contribution < -0.4 is 5.32 Å². The second kappa shape index (κ2) is 6.02. The highest BCUT2D eigenvalue weighted by molar-refractivity contribution is 9.10. The number of benzene rings is 1. The minimum atomic E-state index is -0.0572. The van der Waals surface area contributed by atoms with E-state index in [1.54, 1.807) is 0 Å². The summed E-state index contributed by atoms with van der Waals surface area (Å²) < 4.78 is 2.68. The first-order valence-electron chi connectivity index (χ1n) is 7.31. The lowest BCUT2D eigenvalue weighted by Crippen LogP contribution is -2.30. The van der Waals surface area contributed by atoms with E-state index in [0.717, 1.165) is 37.2 Å². The predicted molar refractivity (Wildman–Crippen MR) is 85.2 cm³/mol. The van der Waals surface area contributed by atoms with Crippen molar-refractivity contribution in [1.29, 1.82) is 0 Å². The van der Waals surface area contributed by atoms with Crippen LogP contribution in [0, 0.1) is 0 Å². The van der Waals surface area contributed by atoms with Gasteiger partial charge in [-0.15, -0.1) is 0 Å². The van der Waals surface area contributed by atoms with E-state index in [4.69, 9.17) is 0 Å². The highest BCUT2D eigenvalue weighted by atomic mass is 79.9. The average Bonchev–Trinajstić information content (AvgIpc) is 3.05. The molecule has 3 rings (SSSR count). The van der Waals surface area contributed by atoms with Crippen LogP contribution in [0.1, 0.15) is 47.7 Å². The van der Waals surface area contributed by atoms with Gasteiger partial charge in [-0.1, -0.05) is 37.3 Å². The molecular formula is C16H18BrN3O. The molecule has 21 heavy (non-hydrogen) atoms. The summed E-state index contributed by atoms with van der Waals surface area (Å²) in [5.41, 5.74) is 1.78. The number of aromatic nitrogens is 2. The third-order valence-electron chi connectivity index (χ3n) is 3.92. The van der Waals surface area contributed by atoms with Crippen LogP contribution in [-0.4, -0.2) is 15.5 Å². The molecule has 1 N–H and O–H groups in total. The Balaban J connectivity index is 1.83. The Morgan fingerprint density at radius 3 is 2.90 bits per heavy atom. The van der Waals surface area contributed by atoms with Gasteiger partial charge in [0.15, 0.2) is 0 Å². The largest absolute Gasteiger partial charge is 0.344 e. The predicted octanol–water partition coefficient (Wildman–Crippen LogP) is 3.47. The number of hydrogen-bond donors (Lipinski definition) is 1. The quantitative estimate of drug-likeness (QED) is 0.920. The molecule has 0 saturated carbocycles. The molecule has 0 aliphatic carbocycles. The van der Waals surface area contributed by atoms with E-state index in [1.807, 2.05) is 34.9 Å². The number of aryl methyl sites for hydroxylation is 1. The molecule has 0 radical (unpaired) electrons. The zero-order valence-corrected chi connectivity index (χ0v) is 13.6. The van der Waals surface area contributed by atoms with Crippen molar-refractivity contribution in [2.24, 2.45) is 0 Å². The van der Waals surface area contributed by atoms with E-state index in [2.05, 4.69) is 33.2 Å². The summed E-state index contributed by atoms with van der Waals surface area (Å²) in [6, 6.07) is 10.1. The Hall–Kier alpha value is -1.62. The maximum absolute atomic E-state index is 12.6. The van der Waals surface area contributed by atoms with Gasteiger partial charge in [0.05, 0.1) is 6.04 Å². The van der Waals surface area contributed by atoms with Crippen LogP contribution in [0.2, 0.25) is 0 Å². The summed E-state index contributed by atoms with van der Waals surface area (Å²) in [5.74, 6) is 0.943. The van der Waals surface area contributed by atoms with E-state index in [0.29, 0.717) is 10.3 Å². The Morgan fingerprint density at radius 2 is 2.19 bits per heavy atom. The molecule has 2 aromatic rings. The van der Waals surface area contributed by atoms with Crippen molar-refractivity contribution in [3.63, 3.8) is 0 Å². The number of nitrogens with zero attached hydrogens (tertiary/aromatic N) is 2. The molecule has 0 spiro atoms. The molecule has 0 bridgehead atoms. The molecule has 2 heterocycles. The molecule has 1 amide bonds. The summed E-state index contributed by atoms with van der Waals surface area (Å²) in [5, 5.41) is 3.13. The normalized spacial score (nSPS) is 14.8. The Kier molecular flexibility index (Phi) is 4.10. The van der Waals surface area contributed by atoms with Crippen LogP contribution in [0.15, 0.2) is 34.9 Å². The third-order valence-corrected chi connectivity index (χ3v) is 4.47. The maximum atomic E-state index is 12.6. The van der Waals surface area contributed by atoms with E-state index in [-0.39, 0.29) is 11.9 Å². The highest BCUT2D eigenvalue weighted by Gasteiger charge is 2.26. The van der Waals surface area contributed by atoms with Gasteiger partial charge >= 0.3 is 0 Å². The number of rotatable bonds is 4. The van der Waals surface area contributed by atoms with Crippen LogP contribution in [0.4, 0.5) is 0 Å². The first kappa shape index (κ1) is 14.3. The Labute approximate surface area is 132 Å². The second-order valence-corrected chi connectivity index (χ2v) is 6.02. The van der Waals surface area contributed by atoms with Crippen molar-refractivity contribution in [3.05, 3.63) is 52.0 Å². The number of amides is 1. The topological polar surface area (TPSA) is 46.9 Å². The van der Waals surface area contributed by atoms with E-state index in [1.165, 1.54) is 0 Å². The van der Waals surface area contributed by atoms with E-state index in [9.17, 15) is 4.79 Å². The van der Waals surface area contributed by atoms with E-state index >= 15 is 0 Å². The SMILES string of the molecule is CC[C@@H](NC(=O)c1c(Br)nc2n1CCC2)c1ccccc1. The summed E-state index contributed by atoms with van der Waals surface area (Å²) >= 11 is 3.42. The molecule has 0 fully saturated rings. The van der Waals surface area contributed by atoms with Gasteiger partial charge in [-0.05, 0) is 34.3 Å². The van der Waals surface area contributed by atoms with Crippen LogP contribution in [0.3, 0.4) is 0 Å². The van der Waals surface area contributed by atoms with Gasteiger partial charge in [-0.25, -0.2) is 4.98 Å². The molecule has 4 nitrogen and oxygen atoms in total. The van der Waals surface area contributed by atoms with Gasteiger partial charge in [-0.2, -0.15) is 0 Å². The molecule has 0 saturated heterocycles. The molecule has 1 aliphatic rings. The Bertz CT molecular complexity index is 651. The lowest BCUT2D eigenvalue weighted by Gasteiger charge is -2.18. The molecule has 1 aromatic carbocycles. The molecular weight excluding hydrogens is 330 g/mol. The highest BCUT2D eigenvalue weighted by Crippen LogP contribution is 2.25. The zero-order valence-electron chi connectivity index (χ0n) is 12.0. The van der Waals surface area contributed by atoms with Crippen molar-refractivity contribution < 1.29 is 4.79 Å². The van der Waals surface area contributed by atoms with Gasteiger partial charge in [-0.3, -0.25) is 4.79 Å². The molecule has 0 unspecified atom stereocenters. The Morgan fingerprint density at radius 1 is 1.43 bits per heavy atom. The smallest absolute Gasteiger partial charge is 0.271 e. The van der Waals surface area contributed by atoms with Crippen molar-refractivity contribution in [3.8, 4) is 0 Å². The number of fused-ring (bicyclic) bond motifs is 1.